The maximum absolute atomic E-state index is 12.8. The average molecular weight is 451 g/mol. The highest BCUT2D eigenvalue weighted by Crippen LogP contribution is 2.44. The number of alkyl carbamates (subject to hydrolysis) is 1. The van der Waals surface area contributed by atoms with E-state index in [-0.39, 0.29) is 30.9 Å². The maximum Gasteiger partial charge on any atom is 0.407 e. The Bertz CT molecular complexity index is 1020. The van der Waals surface area contributed by atoms with Crippen LogP contribution in [0.4, 0.5) is 4.79 Å². The first-order valence-electron chi connectivity index (χ1n) is 11.4. The molecule has 174 valence electrons. The third kappa shape index (κ3) is 5.02. The Kier molecular flexibility index (Phi) is 6.40. The van der Waals surface area contributed by atoms with Gasteiger partial charge in [0.1, 0.15) is 6.61 Å². The second-order valence-corrected chi connectivity index (χ2v) is 9.56. The molecule has 2 aromatic carbocycles. The molecule has 7 nitrogen and oxygen atoms in total. The number of nitrogens with one attached hydrogen (secondary N) is 2. The van der Waals surface area contributed by atoms with E-state index in [1.165, 1.54) is 11.1 Å². The van der Waals surface area contributed by atoms with E-state index in [0.717, 1.165) is 17.5 Å². The van der Waals surface area contributed by atoms with Crippen LogP contribution in [0.3, 0.4) is 0 Å². The van der Waals surface area contributed by atoms with E-state index < -0.39 is 23.5 Å². The number of carbonyl (C=O) groups is 3. The highest BCUT2D eigenvalue weighted by molar-refractivity contribution is 5.82. The Morgan fingerprint density at radius 3 is 2.21 bits per heavy atom. The average Bonchev–Trinajstić information content (AvgIpc) is 3.33. The quantitative estimate of drug-likeness (QED) is 0.590. The number of carboxylic acid groups (broad SMARTS) is 1. The first kappa shape index (κ1) is 22.8. The van der Waals surface area contributed by atoms with Crippen LogP contribution in [-0.2, 0) is 14.3 Å². The molecule has 0 heterocycles. The fourth-order valence-electron chi connectivity index (χ4n) is 5.09. The van der Waals surface area contributed by atoms with Crippen LogP contribution in [0.2, 0.25) is 0 Å². The molecule has 2 amide bonds. The van der Waals surface area contributed by atoms with Crippen LogP contribution in [0.25, 0.3) is 11.1 Å². The molecule has 2 atom stereocenters. The summed E-state index contributed by atoms with van der Waals surface area (Å²) in [7, 11) is 0. The van der Waals surface area contributed by atoms with Gasteiger partial charge >= 0.3 is 12.1 Å². The van der Waals surface area contributed by atoms with Crippen LogP contribution in [0.1, 0.15) is 56.6 Å². The van der Waals surface area contributed by atoms with Crippen LogP contribution in [-0.4, -0.2) is 41.3 Å². The van der Waals surface area contributed by atoms with Gasteiger partial charge in [-0.3, -0.25) is 9.59 Å². The molecule has 2 aromatic rings. The van der Waals surface area contributed by atoms with Crippen LogP contribution in [0.15, 0.2) is 48.5 Å². The highest BCUT2D eigenvalue weighted by Gasteiger charge is 2.37. The summed E-state index contributed by atoms with van der Waals surface area (Å²) in [4.78, 5) is 36.5. The molecule has 3 N–H and O–H groups in total. The van der Waals surface area contributed by atoms with Crippen LogP contribution >= 0.6 is 0 Å². The molecule has 4 rings (SSSR count). The highest BCUT2D eigenvalue weighted by atomic mass is 16.5. The van der Waals surface area contributed by atoms with Crippen LogP contribution < -0.4 is 10.6 Å². The predicted octanol–water partition coefficient (Wildman–Crippen LogP) is 4.06. The van der Waals surface area contributed by atoms with Crippen LogP contribution in [0.5, 0.6) is 0 Å². The molecule has 0 aromatic heterocycles. The largest absolute Gasteiger partial charge is 0.481 e. The molecular weight excluding hydrogens is 420 g/mol. The summed E-state index contributed by atoms with van der Waals surface area (Å²) in [6.07, 6.45) is 1.43. The van der Waals surface area contributed by atoms with Gasteiger partial charge in [0.25, 0.3) is 0 Å². The van der Waals surface area contributed by atoms with E-state index in [9.17, 15) is 14.4 Å². The fraction of sp³-hybridized carbons (Fsp3) is 0.423. The fourth-order valence-corrected chi connectivity index (χ4v) is 5.09. The van der Waals surface area contributed by atoms with Gasteiger partial charge in [-0.25, -0.2) is 4.79 Å². The Morgan fingerprint density at radius 1 is 1.00 bits per heavy atom. The molecule has 0 saturated heterocycles. The third-order valence-corrected chi connectivity index (χ3v) is 6.55. The van der Waals surface area contributed by atoms with E-state index in [2.05, 4.69) is 34.9 Å². The van der Waals surface area contributed by atoms with E-state index in [0.29, 0.717) is 12.8 Å². The molecule has 1 fully saturated rings. The minimum absolute atomic E-state index is 0.0253. The van der Waals surface area contributed by atoms with Crippen molar-refractivity contribution in [3.63, 3.8) is 0 Å². The number of aliphatic carboxylic acids is 1. The molecule has 2 aliphatic carbocycles. The molecule has 0 aliphatic heterocycles. The summed E-state index contributed by atoms with van der Waals surface area (Å²) in [6, 6.07) is 16.0. The monoisotopic (exact) mass is 450 g/mol. The molecule has 0 radical (unpaired) electrons. The van der Waals surface area contributed by atoms with E-state index in [1.807, 2.05) is 24.3 Å². The van der Waals surface area contributed by atoms with Crippen molar-refractivity contribution in [1.82, 2.24) is 10.6 Å². The second-order valence-electron chi connectivity index (χ2n) is 9.56. The van der Waals surface area contributed by atoms with Gasteiger partial charge in [0.05, 0.1) is 12.3 Å². The second kappa shape index (κ2) is 9.25. The Morgan fingerprint density at radius 2 is 1.61 bits per heavy atom. The molecule has 7 heteroatoms. The first-order chi connectivity index (χ1) is 15.7. The SMILES string of the molecule is CC(C)(CC(=O)O)NC(=O)C1CCCC1NC(=O)OCC1c2ccccc2-c2ccccc21. The number of benzene rings is 2. The summed E-state index contributed by atoms with van der Waals surface area (Å²) in [5, 5.41) is 14.7. The van der Waals surface area contributed by atoms with Gasteiger partial charge in [-0.15, -0.1) is 0 Å². The lowest BCUT2D eigenvalue weighted by Crippen LogP contribution is -2.51. The van der Waals surface area contributed by atoms with Gasteiger partial charge in [0, 0.05) is 17.5 Å². The van der Waals surface area contributed by atoms with Gasteiger partial charge in [0.2, 0.25) is 5.91 Å². The number of carbonyl (C=O) groups excluding carboxylic acids is 2. The van der Waals surface area contributed by atoms with E-state index >= 15 is 0 Å². The molecule has 33 heavy (non-hydrogen) atoms. The van der Waals surface area contributed by atoms with Crippen molar-refractivity contribution in [3.05, 3.63) is 59.7 Å². The predicted molar refractivity (Wildman–Crippen MR) is 124 cm³/mol. The number of hydrogen-bond acceptors (Lipinski definition) is 4. The molecule has 0 bridgehead atoms. The summed E-state index contributed by atoms with van der Waals surface area (Å²) < 4.78 is 5.62. The molecule has 1 saturated carbocycles. The van der Waals surface area contributed by atoms with E-state index in [1.54, 1.807) is 13.8 Å². The third-order valence-electron chi connectivity index (χ3n) is 6.55. The van der Waals surface area contributed by atoms with Crippen molar-refractivity contribution in [1.29, 1.82) is 0 Å². The molecule has 2 aliphatic rings. The summed E-state index contributed by atoms with van der Waals surface area (Å²) in [5.74, 6) is -1.64. The molecule has 0 spiro atoms. The minimum Gasteiger partial charge on any atom is -0.481 e. The van der Waals surface area contributed by atoms with Crippen LogP contribution in [0, 0.1) is 5.92 Å². The van der Waals surface area contributed by atoms with Gasteiger partial charge in [-0.2, -0.15) is 0 Å². The standard InChI is InChI=1S/C26H30N2O5/c1-26(2,14-23(29)30)28-24(31)20-12-7-13-22(20)27-25(32)33-15-21-18-10-5-3-8-16(18)17-9-4-6-11-19(17)21/h3-6,8-11,20-22H,7,12-15H2,1-2H3,(H,27,32)(H,28,31)(H,29,30). The van der Waals surface area contributed by atoms with Crippen molar-refractivity contribution in [2.24, 2.45) is 5.92 Å². The normalized spacial score (nSPS) is 19.5. The number of hydrogen-bond donors (Lipinski definition) is 3. The van der Waals surface area contributed by atoms with Gasteiger partial charge < -0.3 is 20.5 Å². The zero-order valence-corrected chi connectivity index (χ0v) is 19.0. The van der Waals surface area contributed by atoms with E-state index in [4.69, 9.17) is 9.84 Å². The molecular formula is C26H30N2O5. The number of ether oxygens (including phenoxy) is 1. The Hall–Kier alpha value is -3.35. The lowest BCUT2D eigenvalue weighted by Gasteiger charge is -2.28. The summed E-state index contributed by atoms with van der Waals surface area (Å²) >= 11 is 0. The van der Waals surface area contributed by atoms with Crippen molar-refractivity contribution < 1.29 is 24.2 Å². The Balaban J connectivity index is 1.36. The summed E-state index contributed by atoms with van der Waals surface area (Å²) in [6.45, 7) is 3.58. The molecule has 2 unspecified atom stereocenters. The van der Waals surface area contributed by atoms with Crippen molar-refractivity contribution >= 4 is 18.0 Å². The zero-order valence-electron chi connectivity index (χ0n) is 19.0. The minimum atomic E-state index is -0.972. The smallest absolute Gasteiger partial charge is 0.407 e. The maximum atomic E-state index is 12.8. The summed E-state index contributed by atoms with van der Waals surface area (Å²) in [5.41, 5.74) is 3.76. The number of carboxylic acids is 1. The van der Waals surface area contributed by atoms with Crippen molar-refractivity contribution in [2.45, 2.75) is 57.0 Å². The number of rotatable bonds is 7. The topological polar surface area (TPSA) is 105 Å². The van der Waals surface area contributed by atoms with Gasteiger partial charge in [0.15, 0.2) is 0 Å². The number of fused-ring (bicyclic) bond motifs is 3. The lowest BCUT2D eigenvalue weighted by molar-refractivity contribution is -0.139. The Labute approximate surface area is 193 Å². The van der Waals surface area contributed by atoms with Crippen molar-refractivity contribution in [2.75, 3.05) is 6.61 Å². The van der Waals surface area contributed by atoms with Gasteiger partial charge in [-0.05, 0) is 48.9 Å². The van der Waals surface area contributed by atoms with Crippen molar-refractivity contribution in [3.8, 4) is 11.1 Å². The zero-order chi connectivity index (χ0) is 23.6. The number of amides is 2. The first-order valence-corrected chi connectivity index (χ1v) is 11.4. The van der Waals surface area contributed by atoms with Gasteiger partial charge in [-0.1, -0.05) is 55.0 Å². The lowest BCUT2D eigenvalue weighted by atomic mass is 9.96.